The van der Waals surface area contributed by atoms with E-state index >= 15 is 0 Å². The lowest BCUT2D eigenvalue weighted by Gasteiger charge is -2.08. The van der Waals surface area contributed by atoms with Crippen LogP contribution in [-0.2, 0) is 0 Å². The largest absolute Gasteiger partial charge is 0.493 e. The van der Waals surface area contributed by atoms with Crippen molar-refractivity contribution in [2.45, 2.75) is 6.42 Å². The molecule has 0 amide bonds. The van der Waals surface area contributed by atoms with Crippen LogP contribution in [0.2, 0.25) is 0 Å². The van der Waals surface area contributed by atoms with E-state index in [0.29, 0.717) is 11.5 Å². The van der Waals surface area contributed by atoms with E-state index in [4.69, 9.17) is 9.47 Å². The van der Waals surface area contributed by atoms with Gasteiger partial charge in [0.15, 0.2) is 11.5 Å². The molecule has 1 N–H and O–H groups in total. The van der Waals surface area contributed by atoms with Crippen LogP contribution >= 0.6 is 11.3 Å². The van der Waals surface area contributed by atoms with E-state index in [9.17, 15) is 0 Å². The van der Waals surface area contributed by atoms with Crippen molar-refractivity contribution in [1.82, 2.24) is 15.1 Å². The summed E-state index contributed by atoms with van der Waals surface area (Å²) in [7, 11) is 7.39. The molecule has 0 radical (unpaired) electrons. The van der Waals surface area contributed by atoms with Crippen molar-refractivity contribution >= 4 is 16.5 Å². The fraction of sp³-hybridized carbons (Fsp3) is 0.467. The van der Waals surface area contributed by atoms with Crippen LogP contribution in [0.25, 0.3) is 10.6 Å². The van der Waals surface area contributed by atoms with E-state index in [-0.39, 0.29) is 0 Å². The summed E-state index contributed by atoms with van der Waals surface area (Å²) < 4.78 is 10.6. The molecule has 0 fully saturated rings. The molecular formula is C15H22N4O2S. The smallest absolute Gasteiger partial charge is 0.206 e. The molecular weight excluding hydrogens is 300 g/mol. The fourth-order valence-corrected chi connectivity index (χ4v) is 2.74. The van der Waals surface area contributed by atoms with Crippen LogP contribution in [-0.4, -0.2) is 56.5 Å². The zero-order valence-corrected chi connectivity index (χ0v) is 14.2. The average Bonchev–Trinajstić information content (AvgIpc) is 2.99. The van der Waals surface area contributed by atoms with E-state index in [1.807, 2.05) is 18.2 Å². The summed E-state index contributed by atoms with van der Waals surface area (Å²) in [5.74, 6) is 1.40. The summed E-state index contributed by atoms with van der Waals surface area (Å²) in [5, 5.41) is 13.4. The third kappa shape index (κ3) is 4.32. The lowest BCUT2D eigenvalue weighted by Crippen LogP contribution is -2.16. The number of nitrogens with one attached hydrogen (secondary N) is 1. The van der Waals surface area contributed by atoms with Gasteiger partial charge in [0.2, 0.25) is 5.13 Å². The quantitative estimate of drug-likeness (QED) is 0.754. The first-order valence-corrected chi connectivity index (χ1v) is 7.90. The topological polar surface area (TPSA) is 59.5 Å². The number of nitrogens with zero attached hydrogens (tertiary/aromatic N) is 3. The second-order valence-electron chi connectivity index (χ2n) is 5.07. The minimum atomic E-state index is 0.690. The molecule has 0 bridgehead atoms. The molecule has 22 heavy (non-hydrogen) atoms. The number of ether oxygens (including phenoxy) is 2. The van der Waals surface area contributed by atoms with Crippen molar-refractivity contribution in [2.24, 2.45) is 0 Å². The summed E-state index contributed by atoms with van der Waals surface area (Å²) in [6.07, 6.45) is 1.07. The Morgan fingerprint density at radius 1 is 1.14 bits per heavy atom. The second kappa shape index (κ2) is 7.95. The van der Waals surface area contributed by atoms with Gasteiger partial charge in [-0.15, -0.1) is 10.2 Å². The van der Waals surface area contributed by atoms with Gasteiger partial charge in [0.05, 0.1) is 14.2 Å². The molecule has 0 aliphatic rings. The third-order valence-corrected chi connectivity index (χ3v) is 4.04. The highest BCUT2D eigenvalue weighted by Crippen LogP contribution is 2.34. The minimum absolute atomic E-state index is 0.690. The first-order valence-electron chi connectivity index (χ1n) is 7.08. The molecule has 6 nitrogen and oxygen atoms in total. The normalized spacial score (nSPS) is 10.8. The minimum Gasteiger partial charge on any atom is -0.493 e. The predicted molar refractivity (Wildman–Crippen MR) is 90.1 cm³/mol. The van der Waals surface area contributed by atoms with Crippen molar-refractivity contribution in [3.8, 4) is 22.1 Å². The number of methoxy groups -OCH3 is 2. The molecule has 0 aliphatic heterocycles. The summed E-state index contributed by atoms with van der Waals surface area (Å²) >= 11 is 1.53. The van der Waals surface area contributed by atoms with Gasteiger partial charge in [-0.05, 0) is 45.3 Å². The Labute approximate surface area is 135 Å². The molecule has 1 aromatic heterocycles. The Bertz CT molecular complexity index is 601. The summed E-state index contributed by atoms with van der Waals surface area (Å²) in [4.78, 5) is 2.16. The molecule has 1 heterocycles. The molecule has 120 valence electrons. The van der Waals surface area contributed by atoms with Crippen LogP contribution in [0.5, 0.6) is 11.5 Å². The Kier molecular flexibility index (Phi) is 5.97. The number of aromatic nitrogens is 2. The molecule has 0 atom stereocenters. The SMILES string of the molecule is COc1ccc(-c2nnc(NCCCN(C)C)s2)cc1OC. The highest BCUT2D eigenvalue weighted by atomic mass is 32.1. The summed E-state index contributed by atoms with van der Waals surface area (Å²) in [6.45, 7) is 1.94. The van der Waals surface area contributed by atoms with E-state index in [2.05, 4.69) is 34.5 Å². The Balaban J connectivity index is 2.01. The van der Waals surface area contributed by atoms with E-state index in [0.717, 1.165) is 35.2 Å². The number of hydrogen-bond donors (Lipinski definition) is 1. The maximum atomic E-state index is 5.32. The van der Waals surface area contributed by atoms with Crippen molar-refractivity contribution in [3.05, 3.63) is 18.2 Å². The number of rotatable bonds is 8. The zero-order chi connectivity index (χ0) is 15.9. The van der Waals surface area contributed by atoms with Gasteiger partial charge < -0.3 is 19.7 Å². The van der Waals surface area contributed by atoms with Gasteiger partial charge in [0.25, 0.3) is 0 Å². The number of anilines is 1. The molecule has 0 saturated heterocycles. The molecule has 2 rings (SSSR count). The summed E-state index contributed by atoms with van der Waals surface area (Å²) in [5.41, 5.74) is 0.969. The zero-order valence-electron chi connectivity index (χ0n) is 13.4. The van der Waals surface area contributed by atoms with Crippen molar-refractivity contribution in [2.75, 3.05) is 46.7 Å². The van der Waals surface area contributed by atoms with Crippen LogP contribution in [0.3, 0.4) is 0 Å². The fourth-order valence-electron chi connectivity index (χ4n) is 1.97. The van der Waals surface area contributed by atoms with Crippen LogP contribution in [0.1, 0.15) is 6.42 Å². The maximum absolute atomic E-state index is 5.32. The van der Waals surface area contributed by atoms with E-state index < -0.39 is 0 Å². The predicted octanol–water partition coefficient (Wildman–Crippen LogP) is 2.59. The highest BCUT2D eigenvalue weighted by molar-refractivity contribution is 7.18. The maximum Gasteiger partial charge on any atom is 0.206 e. The van der Waals surface area contributed by atoms with Gasteiger partial charge >= 0.3 is 0 Å². The molecule has 0 saturated carbocycles. The molecule has 7 heteroatoms. The molecule has 0 unspecified atom stereocenters. The van der Waals surface area contributed by atoms with Gasteiger partial charge in [-0.25, -0.2) is 0 Å². The van der Waals surface area contributed by atoms with Crippen molar-refractivity contribution in [3.63, 3.8) is 0 Å². The van der Waals surface area contributed by atoms with Crippen molar-refractivity contribution < 1.29 is 9.47 Å². The molecule has 0 spiro atoms. The lowest BCUT2D eigenvalue weighted by atomic mass is 10.2. The standard InChI is InChI=1S/C15H22N4O2S/c1-19(2)9-5-8-16-15-18-17-14(22-15)11-6-7-12(20-3)13(10-11)21-4/h6-7,10H,5,8-9H2,1-4H3,(H,16,18). The highest BCUT2D eigenvalue weighted by Gasteiger charge is 2.10. The van der Waals surface area contributed by atoms with E-state index in [1.165, 1.54) is 11.3 Å². The van der Waals surface area contributed by atoms with Crippen LogP contribution in [0.15, 0.2) is 18.2 Å². The molecule has 2 aromatic rings. The Morgan fingerprint density at radius 2 is 1.91 bits per heavy atom. The van der Waals surface area contributed by atoms with Gasteiger partial charge in [-0.1, -0.05) is 11.3 Å². The monoisotopic (exact) mass is 322 g/mol. The average molecular weight is 322 g/mol. The summed E-state index contributed by atoms with van der Waals surface area (Å²) in [6, 6.07) is 5.74. The van der Waals surface area contributed by atoms with Crippen LogP contribution < -0.4 is 14.8 Å². The molecule has 1 aromatic carbocycles. The lowest BCUT2D eigenvalue weighted by molar-refractivity contribution is 0.355. The third-order valence-electron chi connectivity index (χ3n) is 3.11. The van der Waals surface area contributed by atoms with Gasteiger partial charge in [0, 0.05) is 12.1 Å². The van der Waals surface area contributed by atoms with Gasteiger partial charge in [0.1, 0.15) is 5.01 Å². The first-order chi connectivity index (χ1) is 10.6. The van der Waals surface area contributed by atoms with Crippen molar-refractivity contribution in [1.29, 1.82) is 0 Å². The van der Waals surface area contributed by atoms with Gasteiger partial charge in [-0.2, -0.15) is 0 Å². The van der Waals surface area contributed by atoms with Crippen LogP contribution in [0.4, 0.5) is 5.13 Å². The van der Waals surface area contributed by atoms with E-state index in [1.54, 1.807) is 14.2 Å². The Morgan fingerprint density at radius 3 is 2.59 bits per heavy atom. The Hall–Kier alpha value is -1.86. The first kappa shape index (κ1) is 16.5. The number of hydrogen-bond acceptors (Lipinski definition) is 7. The number of benzene rings is 1. The van der Waals surface area contributed by atoms with Gasteiger partial charge in [-0.3, -0.25) is 0 Å². The molecule has 0 aliphatic carbocycles. The van der Waals surface area contributed by atoms with Crippen LogP contribution in [0, 0.1) is 0 Å². The second-order valence-corrected chi connectivity index (χ2v) is 6.04.